The smallest absolute Gasteiger partial charge is 0.136 e. The van der Waals surface area contributed by atoms with Gasteiger partial charge in [-0.2, -0.15) is 0 Å². The number of hydrogen-bond acceptors (Lipinski definition) is 5. The summed E-state index contributed by atoms with van der Waals surface area (Å²) < 4.78 is 5.68. The summed E-state index contributed by atoms with van der Waals surface area (Å²) in [5.41, 5.74) is 8.36. The van der Waals surface area contributed by atoms with Crippen LogP contribution in [0.15, 0.2) is 53.7 Å². The van der Waals surface area contributed by atoms with Crippen LogP contribution in [0.1, 0.15) is 5.76 Å². The number of pyridine rings is 1. The number of halogens is 4. The summed E-state index contributed by atoms with van der Waals surface area (Å²) in [6, 6.07) is 5.68. The Bertz CT molecular complexity index is 694. The third-order valence-electron chi connectivity index (χ3n) is 2.82. The van der Waals surface area contributed by atoms with E-state index in [4.69, 9.17) is 10.2 Å². The lowest BCUT2D eigenvalue weighted by Crippen LogP contribution is -1.92. The minimum atomic E-state index is 0. The van der Waals surface area contributed by atoms with Crippen LogP contribution in [-0.2, 0) is 6.54 Å². The summed E-state index contributed by atoms with van der Waals surface area (Å²) in [4.78, 5) is 12.2. The van der Waals surface area contributed by atoms with E-state index >= 15 is 0 Å². The van der Waals surface area contributed by atoms with Gasteiger partial charge in [-0.15, -0.1) is 49.6 Å². The molecule has 0 saturated carbocycles. The number of nitrogens with zero attached hydrogens (tertiary/aromatic N) is 3. The maximum absolute atomic E-state index is 5.68. The molecule has 0 unspecified atom stereocenters. The second-order valence-corrected chi connectivity index (χ2v) is 4.02. The van der Waals surface area contributed by atoms with Gasteiger partial charge in [0.25, 0.3) is 0 Å². The van der Waals surface area contributed by atoms with Gasteiger partial charge in [0.2, 0.25) is 0 Å². The second-order valence-electron chi connectivity index (χ2n) is 4.02. The van der Waals surface area contributed by atoms with Gasteiger partial charge in [-0.3, -0.25) is 4.98 Å². The maximum atomic E-state index is 5.68. The first-order chi connectivity index (χ1) is 9.38. The first kappa shape index (κ1) is 23.9. The molecule has 0 atom stereocenters. The monoisotopic (exact) mass is 396 g/mol. The van der Waals surface area contributed by atoms with Crippen molar-refractivity contribution >= 4 is 49.6 Å². The fourth-order valence-corrected chi connectivity index (χ4v) is 1.91. The number of aromatic nitrogens is 3. The molecule has 3 aromatic rings. The van der Waals surface area contributed by atoms with Crippen molar-refractivity contribution in [1.29, 1.82) is 0 Å². The highest BCUT2D eigenvalue weighted by molar-refractivity contribution is 5.86. The summed E-state index contributed by atoms with van der Waals surface area (Å²) in [5, 5.41) is 0. The average Bonchev–Trinajstić information content (AvgIpc) is 2.97. The van der Waals surface area contributed by atoms with E-state index in [0.29, 0.717) is 6.54 Å². The summed E-state index contributed by atoms with van der Waals surface area (Å²) >= 11 is 0. The molecule has 0 aliphatic carbocycles. The van der Waals surface area contributed by atoms with E-state index in [1.54, 1.807) is 24.8 Å². The molecular formula is C14H16Cl4N4O. The average molecular weight is 398 g/mol. The molecule has 126 valence electrons. The van der Waals surface area contributed by atoms with E-state index in [2.05, 4.69) is 15.0 Å². The van der Waals surface area contributed by atoms with Gasteiger partial charge in [0, 0.05) is 35.9 Å². The molecule has 0 aromatic carbocycles. The van der Waals surface area contributed by atoms with Crippen molar-refractivity contribution in [3.05, 3.63) is 55.1 Å². The van der Waals surface area contributed by atoms with Gasteiger partial charge >= 0.3 is 0 Å². The molecule has 3 aromatic heterocycles. The highest BCUT2D eigenvalue weighted by atomic mass is 35.5. The predicted molar refractivity (Wildman–Crippen MR) is 99.8 cm³/mol. The summed E-state index contributed by atoms with van der Waals surface area (Å²) in [6.07, 6.45) is 8.53. The molecule has 3 rings (SSSR count). The quantitative estimate of drug-likeness (QED) is 0.723. The van der Waals surface area contributed by atoms with Crippen molar-refractivity contribution < 1.29 is 4.42 Å². The van der Waals surface area contributed by atoms with Crippen LogP contribution in [0.3, 0.4) is 0 Å². The molecule has 0 aliphatic rings. The molecule has 0 aliphatic heterocycles. The van der Waals surface area contributed by atoms with Crippen LogP contribution < -0.4 is 5.73 Å². The van der Waals surface area contributed by atoms with Crippen LogP contribution in [-0.4, -0.2) is 15.0 Å². The third-order valence-corrected chi connectivity index (χ3v) is 2.82. The van der Waals surface area contributed by atoms with E-state index < -0.39 is 0 Å². The zero-order valence-electron chi connectivity index (χ0n) is 11.8. The third kappa shape index (κ3) is 5.34. The minimum absolute atomic E-state index is 0. The molecule has 0 spiro atoms. The highest BCUT2D eigenvalue weighted by Crippen LogP contribution is 2.31. The van der Waals surface area contributed by atoms with Crippen molar-refractivity contribution in [3.63, 3.8) is 0 Å². The van der Waals surface area contributed by atoms with Crippen LogP contribution in [0.4, 0.5) is 0 Å². The van der Waals surface area contributed by atoms with E-state index in [1.807, 2.05) is 18.2 Å². The largest absolute Gasteiger partial charge is 0.460 e. The van der Waals surface area contributed by atoms with Crippen molar-refractivity contribution in [3.8, 4) is 22.5 Å². The SMILES string of the molecule is Cl.Cl.Cl.Cl.NCc1ccc(-c2cnccc2-c2cncnc2)o1. The van der Waals surface area contributed by atoms with Crippen LogP contribution in [0.25, 0.3) is 22.5 Å². The number of rotatable bonds is 3. The Morgan fingerprint density at radius 2 is 1.52 bits per heavy atom. The molecule has 3 heterocycles. The Hall–Kier alpha value is -1.37. The molecule has 5 nitrogen and oxygen atoms in total. The van der Waals surface area contributed by atoms with Gasteiger partial charge in [-0.1, -0.05) is 0 Å². The van der Waals surface area contributed by atoms with Gasteiger partial charge in [-0.25, -0.2) is 9.97 Å². The zero-order valence-corrected chi connectivity index (χ0v) is 15.1. The van der Waals surface area contributed by atoms with Gasteiger partial charge in [0.1, 0.15) is 17.8 Å². The van der Waals surface area contributed by atoms with E-state index in [0.717, 1.165) is 28.2 Å². The van der Waals surface area contributed by atoms with Crippen LogP contribution in [0.5, 0.6) is 0 Å². The van der Waals surface area contributed by atoms with Crippen molar-refractivity contribution in [1.82, 2.24) is 15.0 Å². The van der Waals surface area contributed by atoms with Crippen molar-refractivity contribution in [2.45, 2.75) is 6.54 Å². The van der Waals surface area contributed by atoms with Gasteiger partial charge in [0.15, 0.2) is 0 Å². The van der Waals surface area contributed by atoms with Crippen molar-refractivity contribution in [2.75, 3.05) is 0 Å². The summed E-state index contributed by atoms with van der Waals surface area (Å²) in [5.74, 6) is 1.49. The standard InChI is InChI=1S/C14H12N4O.4ClH/c15-5-11-1-2-14(19-11)13-8-16-4-3-12(13)10-6-17-9-18-7-10;;;;/h1-4,6-9H,5,15H2;4*1H. The number of nitrogens with two attached hydrogens (primary N) is 1. The topological polar surface area (TPSA) is 77.8 Å². The van der Waals surface area contributed by atoms with Crippen molar-refractivity contribution in [2.24, 2.45) is 5.73 Å². The molecule has 9 heteroatoms. The Balaban J connectivity index is 0. The fraction of sp³-hybridized carbons (Fsp3) is 0.0714. The Labute approximate surface area is 158 Å². The normalized spacial score (nSPS) is 8.74. The van der Waals surface area contributed by atoms with E-state index in [1.165, 1.54) is 6.33 Å². The Kier molecular flexibility index (Phi) is 11.6. The molecule has 0 amide bonds. The maximum Gasteiger partial charge on any atom is 0.136 e. The predicted octanol–water partition coefficient (Wildman–Crippen LogP) is 3.94. The lowest BCUT2D eigenvalue weighted by Gasteiger charge is -2.05. The first-order valence-electron chi connectivity index (χ1n) is 5.87. The lowest BCUT2D eigenvalue weighted by molar-refractivity contribution is 0.525. The lowest BCUT2D eigenvalue weighted by atomic mass is 10.0. The molecule has 0 bridgehead atoms. The molecule has 23 heavy (non-hydrogen) atoms. The number of furan rings is 1. The molecular weight excluding hydrogens is 382 g/mol. The van der Waals surface area contributed by atoms with E-state index in [9.17, 15) is 0 Å². The zero-order chi connectivity index (χ0) is 13.1. The fourth-order valence-electron chi connectivity index (χ4n) is 1.91. The highest BCUT2D eigenvalue weighted by Gasteiger charge is 2.11. The van der Waals surface area contributed by atoms with Gasteiger partial charge in [-0.05, 0) is 23.8 Å². The summed E-state index contributed by atoms with van der Waals surface area (Å²) in [7, 11) is 0. The minimum Gasteiger partial charge on any atom is -0.460 e. The first-order valence-corrected chi connectivity index (χ1v) is 5.87. The van der Waals surface area contributed by atoms with Crippen LogP contribution >= 0.6 is 49.6 Å². The van der Waals surface area contributed by atoms with E-state index in [-0.39, 0.29) is 49.6 Å². The molecule has 0 fully saturated rings. The van der Waals surface area contributed by atoms with Gasteiger partial charge < -0.3 is 10.2 Å². The Morgan fingerprint density at radius 3 is 2.13 bits per heavy atom. The summed E-state index contributed by atoms with van der Waals surface area (Å²) in [6.45, 7) is 0.379. The molecule has 0 radical (unpaired) electrons. The Morgan fingerprint density at radius 1 is 0.826 bits per heavy atom. The van der Waals surface area contributed by atoms with Crippen LogP contribution in [0, 0.1) is 0 Å². The number of hydrogen-bond donors (Lipinski definition) is 1. The second kappa shape index (κ2) is 11.2. The van der Waals surface area contributed by atoms with Gasteiger partial charge in [0.05, 0.1) is 6.54 Å². The molecule has 2 N–H and O–H groups in total. The molecule has 0 saturated heterocycles. The van der Waals surface area contributed by atoms with Crippen LogP contribution in [0.2, 0.25) is 0 Å².